The zero-order valence-electron chi connectivity index (χ0n) is 14.6. The van der Waals surface area contributed by atoms with E-state index in [1.807, 2.05) is 54.0 Å². The maximum atomic E-state index is 9.38. The van der Waals surface area contributed by atoms with Gasteiger partial charge in [0, 0.05) is 0 Å². The summed E-state index contributed by atoms with van der Waals surface area (Å²) in [5.74, 6) is 0.655. The van der Waals surface area contributed by atoms with E-state index < -0.39 is 0 Å². The van der Waals surface area contributed by atoms with Gasteiger partial charge in [-0.25, -0.2) is 4.68 Å². The smallest absolute Gasteiger partial charge is 0.268 e. The minimum Gasteiger partial charge on any atom is -0.333 e. The van der Waals surface area contributed by atoms with Gasteiger partial charge in [0.25, 0.3) is 5.89 Å². The van der Waals surface area contributed by atoms with Gasteiger partial charge in [0.2, 0.25) is 5.82 Å². The molecule has 0 fully saturated rings. The molecule has 0 spiro atoms. The lowest BCUT2D eigenvalue weighted by Gasteiger charge is -1.98. The summed E-state index contributed by atoms with van der Waals surface area (Å²) in [7, 11) is 0. The maximum absolute atomic E-state index is 9.38. The predicted octanol–water partition coefficient (Wildman–Crippen LogP) is 4.06. The van der Waals surface area contributed by atoms with Crippen molar-refractivity contribution < 1.29 is 4.52 Å². The predicted molar refractivity (Wildman–Crippen MR) is 106 cm³/mol. The van der Waals surface area contributed by atoms with Crippen LogP contribution in [0.5, 0.6) is 0 Å². The minimum atomic E-state index is 0.184. The van der Waals surface area contributed by atoms with Gasteiger partial charge >= 0.3 is 0 Å². The number of nitriles is 1. The summed E-state index contributed by atoms with van der Waals surface area (Å²) in [5, 5.41) is 23.4. The van der Waals surface area contributed by atoms with E-state index in [4.69, 9.17) is 4.52 Å². The molecule has 0 N–H and O–H groups in total. The van der Waals surface area contributed by atoms with Gasteiger partial charge in [0.1, 0.15) is 17.3 Å². The van der Waals surface area contributed by atoms with Gasteiger partial charge in [-0.2, -0.15) is 10.2 Å². The average Bonchev–Trinajstić information content (AvgIpc) is 3.47. The lowest BCUT2D eigenvalue weighted by Crippen LogP contribution is -1.99. The number of benzene rings is 1. The molecule has 0 saturated heterocycles. The van der Waals surface area contributed by atoms with Crippen molar-refractivity contribution in [1.29, 1.82) is 5.26 Å². The molecular formula is C20H14N6OS. The number of hydrogen-bond donors (Lipinski definition) is 0. The van der Waals surface area contributed by atoms with Gasteiger partial charge in [-0.3, -0.25) is 0 Å². The van der Waals surface area contributed by atoms with Gasteiger partial charge in [0.15, 0.2) is 0 Å². The highest BCUT2D eigenvalue weighted by Crippen LogP contribution is 2.23. The summed E-state index contributed by atoms with van der Waals surface area (Å²) < 4.78 is 6.96. The van der Waals surface area contributed by atoms with Gasteiger partial charge in [-0.1, -0.05) is 52.8 Å². The van der Waals surface area contributed by atoms with Crippen molar-refractivity contribution >= 4 is 23.0 Å². The first-order chi connectivity index (χ1) is 13.8. The number of aromatic nitrogens is 5. The number of hydrogen-bond acceptors (Lipinski definition) is 7. The highest BCUT2D eigenvalue weighted by atomic mass is 32.1. The summed E-state index contributed by atoms with van der Waals surface area (Å²) in [6.07, 6.45) is 6.93. The molecule has 4 aromatic rings. The number of nitrogens with zero attached hydrogens (tertiary/aromatic N) is 6. The van der Waals surface area contributed by atoms with Crippen LogP contribution >= 0.6 is 11.3 Å². The van der Waals surface area contributed by atoms with E-state index in [0.717, 1.165) is 10.4 Å². The molecule has 0 aliphatic carbocycles. The van der Waals surface area contributed by atoms with Crippen LogP contribution in [-0.2, 0) is 6.54 Å². The molecule has 3 heterocycles. The van der Waals surface area contributed by atoms with E-state index in [0.29, 0.717) is 18.1 Å². The summed E-state index contributed by atoms with van der Waals surface area (Å²) >= 11 is 1.51. The molecule has 0 atom stereocenters. The van der Waals surface area contributed by atoms with Crippen molar-refractivity contribution in [2.24, 2.45) is 0 Å². The first-order valence-electron chi connectivity index (χ1n) is 8.42. The second-order valence-electron chi connectivity index (χ2n) is 5.78. The second kappa shape index (κ2) is 8.24. The molecule has 0 saturated carbocycles. The topological polar surface area (TPSA) is 93.4 Å². The van der Waals surface area contributed by atoms with Crippen molar-refractivity contribution in [1.82, 2.24) is 25.1 Å². The van der Waals surface area contributed by atoms with E-state index >= 15 is 0 Å². The zero-order valence-corrected chi connectivity index (χ0v) is 15.5. The van der Waals surface area contributed by atoms with Crippen LogP contribution in [0.1, 0.15) is 17.1 Å². The molecule has 0 aliphatic heterocycles. The highest BCUT2D eigenvalue weighted by molar-refractivity contribution is 7.13. The fourth-order valence-corrected chi connectivity index (χ4v) is 3.12. The van der Waals surface area contributed by atoms with Crippen molar-refractivity contribution in [3.63, 3.8) is 0 Å². The first-order valence-corrected chi connectivity index (χ1v) is 9.30. The maximum Gasteiger partial charge on any atom is 0.268 e. The Kier molecular flexibility index (Phi) is 5.17. The van der Waals surface area contributed by atoms with Gasteiger partial charge < -0.3 is 4.52 Å². The Morgan fingerprint density at radius 1 is 1.21 bits per heavy atom. The molecule has 0 unspecified atom stereocenters. The van der Waals surface area contributed by atoms with E-state index in [1.54, 1.807) is 22.9 Å². The van der Waals surface area contributed by atoms with Crippen LogP contribution < -0.4 is 0 Å². The summed E-state index contributed by atoms with van der Waals surface area (Å²) in [6, 6.07) is 15.9. The lowest BCUT2D eigenvalue weighted by molar-refractivity contribution is 0.409. The summed E-state index contributed by atoms with van der Waals surface area (Å²) in [4.78, 5) is 5.16. The minimum absolute atomic E-state index is 0.184. The van der Waals surface area contributed by atoms with Crippen molar-refractivity contribution in [2.45, 2.75) is 6.54 Å². The third-order valence-electron chi connectivity index (χ3n) is 3.79. The molecular weight excluding hydrogens is 372 g/mol. The normalized spacial score (nSPS) is 11.8. The Labute approximate surface area is 164 Å². The molecule has 0 amide bonds. The Morgan fingerprint density at radius 2 is 2.11 bits per heavy atom. The summed E-state index contributed by atoms with van der Waals surface area (Å²) in [5.41, 5.74) is 2.12. The Morgan fingerprint density at radius 3 is 2.89 bits per heavy atom. The van der Waals surface area contributed by atoms with Crippen molar-refractivity contribution in [2.75, 3.05) is 0 Å². The van der Waals surface area contributed by atoms with Gasteiger partial charge in [0.05, 0.1) is 17.6 Å². The van der Waals surface area contributed by atoms with Crippen LogP contribution in [0.15, 0.2) is 70.7 Å². The van der Waals surface area contributed by atoms with Crippen LogP contribution in [-0.4, -0.2) is 25.1 Å². The number of rotatable bonds is 6. The van der Waals surface area contributed by atoms with E-state index in [1.165, 1.54) is 11.3 Å². The largest absolute Gasteiger partial charge is 0.333 e. The number of allylic oxidation sites excluding steroid dienone is 3. The molecule has 0 bridgehead atoms. The molecule has 0 aliphatic rings. The van der Waals surface area contributed by atoms with Crippen LogP contribution in [0, 0.1) is 11.3 Å². The first kappa shape index (κ1) is 17.6. The molecule has 4 rings (SSSR count). The SMILES string of the molecule is N#C/C(=C\C=C\c1cn(Cc2ccccc2)nn1)c1nc(-c2cccs2)no1. The van der Waals surface area contributed by atoms with E-state index in [9.17, 15) is 5.26 Å². The zero-order chi connectivity index (χ0) is 19.2. The number of thiophene rings is 1. The third kappa shape index (κ3) is 4.11. The summed E-state index contributed by atoms with van der Waals surface area (Å²) in [6.45, 7) is 0.647. The molecule has 8 heteroatoms. The van der Waals surface area contributed by atoms with Crippen molar-refractivity contribution in [3.8, 4) is 16.8 Å². The van der Waals surface area contributed by atoms with Gasteiger partial charge in [-0.05, 0) is 29.2 Å². The van der Waals surface area contributed by atoms with Crippen LogP contribution in [0.25, 0.3) is 22.4 Å². The van der Waals surface area contributed by atoms with Crippen molar-refractivity contribution in [3.05, 3.63) is 83.3 Å². The fraction of sp³-hybridized carbons (Fsp3) is 0.0500. The molecule has 1 aromatic carbocycles. The standard InChI is InChI=1S/C20H14N6OS/c21-12-16(20-22-19(24-27-20)18-10-5-11-28-18)8-4-9-17-14-26(25-23-17)13-15-6-2-1-3-7-15/h1-11,14H,13H2/b9-4+,16-8+. The highest BCUT2D eigenvalue weighted by Gasteiger charge is 2.12. The average molecular weight is 386 g/mol. The van der Waals surface area contributed by atoms with Crippen LogP contribution in [0.4, 0.5) is 0 Å². The second-order valence-corrected chi connectivity index (χ2v) is 6.73. The Hall–Kier alpha value is -3.83. The quantitative estimate of drug-likeness (QED) is 0.366. The molecule has 28 heavy (non-hydrogen) atoms. The van der Waals surface area contributed by atoms with Crippen LogP contribution in [0.2, 0.25) is 0 Å². The Bertz CT molecular complexity index is 1150. The lowest BCUT2D eigenvalue weighted by atomic mass is 10.2. The van der Waals surface area contributed by atoms with E-state index in [2.05, 4.69) is 26.5 Å². The van der Waals surface area contributed by atoms with E-state index in [-0.39, 0.29) is 11.5 Å². The molecule has 136 valence electrons. The van der Waals surface area contributed by atoms with Crippen LogP contribution in [0.3, 0.4) is 0 Å². The fourth-order valence-electron chi connectivity index (χ4n) is 2.48. The molecule has 7 nitrogen and oxygen atoms in total. The molecule has 0 radical (unpaired) electrons. The monoisotopic (exact) mass is 386 g/mol. The molecule has 3 aromatic heterocycles. The third-order valence-corrected chi connectivity index (χ3v) is 4.66. The van der Waals surface area contributed by atoms with Gasteiger partial charge in [-0.15, -0.1) is 16.4 Å². The Balaban J connectivity index is 1.45.